The molecule has 0 unspecified atom stereocenters. The van der Waals surface area contributed by atoms with E-state index in [0.29, 0.717) is 6.04 Å². The van der Waals surface area contributed by atoms with Gasteiger partial charge in [-0.3, -0.25) is 14.3 Å². The summed E-state index contributed by atoms with van der Waals surface area (Å²) in [4.78, 5) is 32.0. The molecule has 6 nitrogen and oxygen atoms in total. The molecule has 6 heteroatoms. The van der Waals surface area contributed by atoms with E-state index in [0.717, 1.165) is 37.2 Å². The van der Waals surface area contributed by atoms with Gasteiger partial charge in [0.15, 0.2) is 0 Å². The zero-order valence-corrected chi connectivity index (χ0v) is 13.2. The molecule has 2 saturated heterocycles. The first-order chi connectivity index (χ1) is 11.2. The topological polar surface area (TPSA) is 61.3 Å². The lowest BCUT2D eigenvalue weighted by Gasteiger charge is -2.44. The maximum absolute atomic E-state index is 12.7. The summed E-state index contributed by atoms with van der Waals surface area (Å²) >= 11 is 0. The number of aromatic nitrogens is 2. The molecular weight excluding hydrogens is 292 g/mol. The molecule has 122 valence electrons. The maximum atomic E-state index is 12.7. The first-order valence-electron chi connectivity index (χ1n) is 8.42. The molecule has 1 aromatic heterocycles. The van der Waals surface area contributed by atoms with Crippen LogP contribution >= 0.6 is 0 Å². The highest BCUT2D eigenvalue weighted by atomic mass is 16.2. The fraction of sp³-hybridized carbons (Fsp3) is 0.529. The number of para-hydroxylation sites is 2. The van der Waals surface area contributed by atoms with E-state index >= 15 is 0 Å². The van der Waals surface area contributed by atoms with Crippen LogP contribution in [-0.2, 0) is 11.3 Å². The molecule has 0 spiro atoms. The minimum atomic E-state index is -0.212. The Morgan fingerprint density at radius 3 is 2.96 bits per heavy atom. The maximum Gasteiger partial charge on any atom is 0.326 e. The number of benzene rings is 1. The first kappa shape index (κ1) is 14.5. The highest BCUT2D eigenvalue weighted by Gasteiger charge is 2.31. The Hall–Kier alpha value is -2.08. The lowest BCUT2D eigenvalue weighted by Crippen LogP contribution is -2.56. The summed E-state index contributed by atoms with van der Waals surface area (Å²) in [5, 5.41) is 0. The van der Waals surface area contributed by atoms with Gasteiger partial charge in [-0.2, -0.15) is 0 Å². The number of piperazine rings is 1. The van der Waals surface area contributed by atoms with Crippen molar-refractivity contribution in [3.63, 3.8) is 0 Å². The van der Waals surface area contributed by atoms with Gasteiger partial charge in [-0.05, 0) is 31.5 Å². The number of hydrogen-bond donors (Lipinski definition) is 1. The van der Waals surface area contributed by atoms with Crippen LogP contribution in [-0.4, -0.2) is 57.5 Å². The van der Waals surface area contributed by atoms with Gasteiger partial charge in [0.1, 0.15) is 6.54 Å². The van der Waals surface area contributed by atoms with Crippen molar-refractivity contribution in [2.45, 2.75) is 31.8 Å². The third-order valence-corrected chi connectivity index (χ3v) is 5.17. The molecule has 0 saturated carbocycles. The van der Waals surface area contributed by atoms with E-state index in [-0.39, 0.29) is 18.1 Å². The molecule has 4 rings (SSSR count). The number of nitrogens with one attached hydrogen (secondary N) is 1. The smallest absolute Gasteiger partial charge is 0.326 e. The molecule has 1 N–H and O–H groups in total. The van der Waals surface area contributed by atoms with Crippen LogP contribution in [0.3, 0.4) is 0 Å². The summed E-state index contributed by atoms with van der Waals surface area (Å²) < 4.78 is 1.55. The minimum Gasteiger partial charge on any atom is -0.338 e. The highest BCUT2D eigenvalue weighted by molar-refractivity contribution is 5.80. The van der Waals surface area contributed by atoms with Gasteiger partial charge in [-0.15, -0.1) is 0 Å². The number of rotatable bonds is 2. The van der Waals surface area contributed by atoms with Gasteiger partial charge in [-0.25, -0.2) is 4.79 Å². The van der Waals surface area contributed by atoms with Crippen LogP contribution < -0.4 is 5.69 Å². The summed E-state index contributed by atoms with van der Waals surface area (Å²) in [6.07, 6.45) is 3.71. The van der Waals surface area contributed by atoms with E-state index in [1.807, 2.05) is 29.2 Å². The van der Waals surface area contributed by atoms with Crippen LogP contribution in [0.1, 0.15) is 19.3 Å². The van der Waals surface area contributed by atoms with Crippen LogP contribution in [0.2, 0.25) is 0 Å². The van der Waals surface area contributed by atoms with Gasteiger partial charge in [0, 0.05) is 25.7 Å². The van der Waals surface area contributed by atoms with Crippen LogP contribution in [0.25, 0.3) is 11.0 Å². The second kappa shape index (κ2) is 5.85. The number of hydrogen-bond acceptors (Lipinski definition) is 3. The largest absolute Gasteiger partial charge is 0.338 e. The summed E-state index contributed by atoms with van der Waals surface area (Å²) in [6, 6.07) is 8.00. The van der Waals surface area contributed by atoms with E-state index in [1.54, 1.807) is 4.57 Å². The predicted octanol–water partition coefficient (Wildman–Crippen LogP) is 1.03. The lowest BCUT2D eigenvalue weighted by molar-refractivity contribution is -0.135. The average molecular weight is 314 g/mol. The third-order valence-electron chi connectivity index (χ3n) is 5.17. The minimum absolute atomic E-state index is 0.0436. The SMILES string of the molecule is O=C(Cn1c(=O)[nH]c2ccccc21)N1CCN2CCCC[C@@H]2C1. The quantitative estimate of drug-likeness (QED) is 0.900. The van der Waals surface area contributed by atoms with Gasteiger partial charge in [0.2, 0.25) is 5.91 Å². The second-order valence-corrected chi connectivity index (χ2v) is 6.56. The Labute approximate surface area is 134 Å². The number of fused-ring (bicyclic) bond motifs is 2. The predicted molar refractivity (Wildman–Crippen MR) is 88.4 cm³/mol. The van der Waals surface area contributed by atoms with Crippen molar-refractivity contribution >= 4 is 16.9 Å². The van der Waals surface area contributed by atoms with Crippen molar-refractivity contribution < 1.29 is 4.79 Å². The number of carbonyl (C=O) groups is 1. The van der Waals surface area contributed by atoms with Gasteiger partial charge in [-0.1, -0.05) is 18.6 Å². The monoisotopic (exact) mass is 314 g/mol. The van der Waals surface area contributed by atoms with Crippen molar-refractivity contribution in [1.82, 2.24) is 19.4 Å². The van der Waals surface area contributed by atoms with Crippen LogP contribution in [0.15, 0.2) is 29.1 Å². The number of amides is 1. The number of piperidine rings is 1. The van der Waals surface area contributed by atoms with E-state index in [1.165, 1.54) is 19.3 Å². The lowest BCUT2D eigenvalue weighted by atomic mass is 9.99. The molecule has 1 aromatic carbocycles. The fourth-order valence-electron chi connectivity index (χ4n) is 3.88. The standard InChI is InChI=1S/C17H22N4O2/c22-16(20-10-9-19-8-4-3-5-13(19)11-20)12-21-15-7-2-1-6-14(15)18-17(21)23/h1-2,6-7,13H,3-5,8-12H2,(H,18,23)/t13-/m1/s1. The molecule has 1 amide bonds. The Kier molecular flexibility index (Phi) is 3.69. The molecular formula is C17H22N4O2. The van der Waals surface area contributed by atoms with Crippen molar-refractivity contribution in [3.8, 4) is 0 Å². The van der Waals surface area contributed by atoms with Gasteiger partial charge >= 0.3 is 5.69 Å². The van der Waals surface area contributed by atoms with Gasteiger partial charge < -0.3 is 9.88 Å². The van der Waals surface area contributed by atoms with E-state index in [4.69, 9.17) is 0 Å². The Morgan fingerprint density at radius 2 is 2.04 bits per heavy atom. The normalized spacial score (nSPS) is 22.3. The van der Waals surface area contributed by atoms with Crippen molar-refractivity contribution in [1.29, 1.82) is 0 Å². The van der Waals surface area contributed by atoms with Crippen molar-refractivity contribution in [2.24, 2.45) is 0 Å². The molecule has 2 fully saturated rings. The summed E-state index contributed by atoms with van der Waals surface area (Å²) in [6.45, 7) is 3.81. The number of H-pyrrole nitrogens is 1. The zero-order valence-electron chi connectivity index (χ0n) is 13.2. The van der Waals surface area contributed by atoms with Crippen LogP contribution in [0, 0.1) is 0 Å². The molecule has 2 aromatic rings. The Balaban J connectivity index is 1.51. The van der Waals surface area contributed by atoms with Crippen LogP contribution in [0.5, 0.6) is 0 Å². The Bertz CT molecular complexity index is 778. The molecule has 2 aliphatic rings. The molecule has 3 heterocycles. The van der Waals surface area contributed by atoms with Crippen LogP contribution in [0.4, 0.5) is 0 Å². The summed E-state index contributed by atoms with van der Waals surface area (Å²) in [7, 11) is 0. The van der Waals surface area contributed by atoms with Crippen molar-refractivity contribution in [3.05, 3.63) is 34.7 Å². The summed E-state index contributed by atoms with van der Waals surface area (Å²) in [5.74, 6) is 0.0436. The molecule has 0 bridgehead atoms. The summed E-state index contributed by atoms with van der Waals surface area (Å²) in [5.41, 5.74) is 1.36. The van der Waals surface area contributed by atoms with Crippen molar-refractivity contribution in [2.75, 3.05) is 26.2 Å². The van der Waals surface area contributed by atoms with Gasteiger partial charge in [0.05, 0.1) is 11.0 Å². The highest BCUT2D eigenvalue weighted by Crippen LogP contribution is 2.21. The van der Waals surface area contributed by atoms with E-state index in [9.17, 15) is 9.59 Å². The van der Waals surface area contributed by atoms with Gasteiger partial charge in [0.25, 0.3) is 0 Å². The second-order valence-electron chi connectivity index (χ2n) is 6.56. The molecule has 23 heavy (non-hydrogen) atoms. The Morgan fingerprint density at radius 1 is 1.17 bits per heavy atom. The van der Waals surface area contributed by atoms with E-state index in [2.05, 4.69) is 9.88 Å². The molecule has 0 radical (unpaired) electrons. The molecule has 2 aliphatic heterocycles. The zero-order chi connectivity index (χ0) is 15.8. The number of imidazole rings is 1. The fourth-order valence-corrected chi connectivity index (χ4v) is 3.88. The first-order valence-corrected chi connectivity index (χ1v) is 8.42. The number of nitrogens with zero attached hydrogens (tertiary/aromatic N) is 3. The molecule has 0 aliphatic carbocycles. The van der Waals surface area contributed by atoms with E-state index < -0.39 is 0 Å². The number of carbonyl (C=O) groups excluding carboxylic acids is 1. The molecule has 1 atom stereocenters. The third kappa shape index (κ3) is 2.67. The number of aromatic amines is 1. The average Bonchev–Trinajstić information content (AvgIpc) is 2.90.